The zero-order valence-electron chi connectivity index (χ0n) is 18.8. The normalized spacial score (nSPS) is 13.7. The van der Waals surface area contributed by atoms with E-state index < -0.39 is 17.8 Å². The van der Waals surface area contributed by atoms with Gasteiger partial charge in [-0.05, 0) is 36.4 Å². The van der Waals surface area contributed by atoms with E-state index in [-0.39, 0.29) is 5.57 Å². The van der Waals surface area contributed by atoms with Crippen molar-refractivity contribution in [3.8, 4) is 17.2 Å². The first kappa shape index (κ1) is 22.6. The molecule has 0 radical (unpaired) electrons. The molecule has 1 fully saturated rings. The maximum Gasteiger partial charge on any atom is 0.343 e. The molecule has 0 unspecified atom stereocenters. The Hall–Kier alpha value is -4.59. The predicted octanol–water partition coefficient (Wildman–Crippen LogP) is 4.30. The van der Waals surface area contributed by atoms with Crippen molar-refractivity contribution >= 4 is 35.3 Å². The van der Waals surface area contributed by atoms with Gasteiger partial charge >= 0.3 is 6.03 Å². The van der Waals surface area contributed by atoms with Gasteiger partial charge in [0.1, 0.15) is 11.3 Å². The van der Waals surface area contributed by atoms with Gasteiger partial charge < -0.3 is 14.2 Å². The van der Waals surface area contributed by atoms with E-state index in [9.17, 15) is 14.4 Å². The number of ether oxygens (including phenoxy) is 3. The summed E-state index contributed by atoms with van der Waals surface area (Å²) in [5, 5.41) is 0. The van der Waals surface area contributed by atoms with Gasteiger partial charge in [-0.2, -0.15) is 0 Å². The summed E-state index contributed by atoms with van der Waals surface area (Å²) in [6.07, 6.45) is 1.39. The number of urea groups is 1. The number of benzene rings is 3. The second-order valence-corrected chi connectivity index (χ2v) is 7.24. The van der Waals surface area contributed by atoms with Crippen LogP contribution in [-0.2, 0) is 9.59 Å². The highest BCUT2D eigenvalue weighted by atomic mass is 16.5. The molecular formula is C26H22N2O6. The first-order chi connectivity index (χ1) is 16.5. The van der Waals surface area contributed by atoms with Crippen LogP contribution in [0.4, 0.5) is 16.2 Å². The van der Waals surface area contributed by atoms with Crippen LogP contribution in [0.2, 0.25) is 0 Å². The van der Waals surface area contributed by atoms with Gasteiger partial charge in [-0.15, -0.1) is 0 Å². The second-order valence-electron chi connectivity index (χ2n) is 7.24. The zero-order valence-corrected chi connectivity index (χ0v) is 18.8. The molecule has 0 aromatic heterocycles. The molecule has 0 spiro atoms. The van der Waals surface area contributed by atoms with Crippen LogP contribution in [0.15, 0.2) is 78.4 Å². The Morgan fingerprint density at radius 1 is 0.618 bits per heavy atom. The minimum absolute atomic E-state index is 0.210. The quantitative estimate of drug-likeness (QED) is 0.405. The van der Waals surface area contributed by atoms with E-state index in [1.165, 1.54) is 27.4 Å². The molecule has 8 heteroatoms. The third kappa shape index (κ3) is 3.97. The molecule has 0 saturated carbocycles. The minimum atomic E-state index is -0.760. The van der Waals surface area contributed by atoms with Gasteiger partial charge in [0.15, 0.2) is 11.5 Å². The maximum absolute atomic E-state index is 13.5. The summed E-state index contributed by atoms with van der Waals surface area (Å²) < 4.78 is 16.1. The van der Waals surface area contributed by atoms with Gasteiger partial charge in [-0.1, -0.05) is 36.4 Å². The molecule has 0 aliphatic carbocycles. The Morgan fingerprint density at radius 3 is 1.50 bits per heavy atom. The van der Waals surface area contributed by atoms with E-state index in [0.717, 1.165) is 9.80 Å². The lowest BCUT2D eigenvalue weighted by Crippen LogP contribution is -2.57. The number of para-hydroxylation sites is 2. The summed E-state index contributed by atoms with van der Waals surface area (Å²) in [5.41, 5.74) is 0.886. The van der Waals surface area contributed by atoms with Crippen molar-refractivity contribution in [3.63, 3.8) is 0 Å². The fraction of sp³-hybridized carbons (Fsp3) is 0.115. The molecule has 1 aliphatic rings. The molecule has 4 rings (SSSR count). The molecule has 0 N–H and O–H groups in total. The Balaban J connectivity index is 1.91. The van der Waals surface area contributed by atoms with Gasteiger partial charge in [0.2, 0.25) is 0 Å². The average molecular weight is 458 g/mol. The highest BCUT2D eigenvalue weighted by Gasteiger charge is 2.43. The predicted molar refractivity (Wildman–Crippen MR) is 127 cm³/mol. The molecule has 34 heavy (non-hydrogen) atoms. The van der Waals surface area contributed by atoms with Crippen molar-refractivity contribution < 1.29 is 28.6 Å². The number of anilines is 2. The van der Waals surface area contributed by atoms with Crippen LogP contribution in [0.5, 0.6) is 17.2 Å². The monoisotopic (exact) mass is 458 g/mol. The third-order valence-corrected chi connectivity index (χ3v) is 5.31. The van der Waals surface area contributed by atoms with E-state index in [1.54, 1.807) is 72.8 Å². The van der Waals surface area contributed by atoms with E-state index in [0.29, 0.717) is 34.2 Å². The fourth-order valence-corrected chi connectivity index (χ4v) is 3.66. The number of imide groups is 2. The van der Waals surface area contributed by atoms with Crippen LogP contribution >= 0.6 is 0 Å². The number of methoxy groups -OCH3 is 3. The van der Waals surface area contributed by atoms with Crippen molar-refractivity contribution in [1.82, 2.24) is 0 Å². The van der Waals surface area contributed by atoms with Crippen LogP contribution < -0.4 is 24.0 Å². The van der Waals surface area contributed by atoms with Crippen LogP contribution in [0, 0.1) is 0 Å². The summed E-state index contributed by atoms with van der Waals surface area (Å²) >= 11 is 0. The van der Waals surface area contributed by atoms with Crippen molar-refractivity contribution in [2.45, 2.75) is 0 Å². The first-order valence-corrected chi connectivity index (χ1v) is 10.3. The number of barbiturate groups is 1. The van der Waals surface area contributed by atoms with Crippen LogP contribution in [0.25, 0.3) is 6.08 Å². The molecule has 1 saturated heterocycles. The molecule has 0 bridgehead atoms. The number of rotatable bonds is 6. The standard InChI is InChI=1S/C26H22N2O6/c1-32-21-16-23(34-3)22(33-2)15-17(21)14-20-24(29)27(18-10-6-4-7-11-18)26(31)28(25(20)30)19-12-8-5-9-13-19/h4-16H,1-3H3. The number of carbonyl (C=O) groups excluding carboxylic acids is 3. The van der Waals surface area contributed by atoms with Crippen molar-refractivity contribution in [1.29, 1.82) is 0 Å². The topological polar surface area (TPSA) is 85.4 Å². The van der Waals surface area contributed by atoms with Gasteiger partial charge in [-0.3, -0.25) is 9.59 Å². The van der Waals surface area contributed by atoms with E-state index in [4.69, 9.17) is 14.2 Å². The summed E-state index contributed by atoms with van der Waals surface area (Å²) in [4.78, 5) is 42.3. The largest absolute Gasteiger partial charge is 0.496 e. The van der Waals surface area contributed by atoms with Gasteiger partial charge in [0.05, 0.1) is 32.7 Å². The smallest absolute Gasteiger partial charge is 0.343 e. The highest BCUT2D eigenvalue weighted by Crippen LogP contribution is 2.37. The van der Waals surface area contributed by atoms with Crippen molar-refractivity contribution in [2.75, 3.05) is 31.1 Å². The summed E-state index contributed by atoms with van der Waals surface area (Å²) in [6, 6.07) is 19.3. The number of carbonyl (C=O) groups is 3. The second kappa shape index (κ2) is 9.50. The number of hydrogen-bond donors (Lipinski definition) is 0. The lowest BCUT2D eigenvalue weighted by molar-refractivity contribution is -0.121. The first-order valence-electron chi connectivity index (χ1n) is 10.3. The molecular weight excluding hydrogens is 436 g/mol. The Kier molecular flexibility index (Phi) is 6.31. The van der Waals surface area contributed by atoms with Crippen molar-refractivity contribution in [2.24, 2.45) is 0 Å². The van der Waals surface area contributed by atoms with Crippen molar-refractivity contribution in [3.05, 3.63) is 83.9 Å². The molecule has 1 aliphatic heterocycles. The summed E-state index contributed by atoms with van der Waals surface area (Å²) in [5.74, 6) is -0.313. The van der Waals surface area contributed by atoms with Crippen LogP contribution in [-0.4, -0.2) is 39.2 Å². The lowest BCUT2D eigenvalue weighted by Gasteiger charge is -2.34. The Labute approximate surface area is 196 Å². The summed E-state index contributed by atoms with van der Waals surface area (Å²) in [7, 11) is 4.43. The average Bonchev–Trinajstić information content (AvgIpc) is 2.87. The minimum Gasteiger partial charge on any atom is -0.496 e. The number of hydrogen-bond acceptors (Lipinski definition) is 6. The third-order valence-electron chi connectivity index (χ3n) is 5.31. The number of amides is 4. The lowest BCUT2D eigenvalue weighted by atomic mass is 10.0. The SMILES string of the molecule is COc1cc(OC)c(OC)cc1C=C1C(=O)N(c2ccccc2)C(=O)N(c2ccccc2)C1=O. The van der Waals surface area contributed by atoms with Gasteiger partial charge in [0, 0.05) is 11.6 Å². The van der Waals surface area contributed by atoms with Crippen LogP contribution in [0.1, 0.15) is 5.56 Å². The molecule has 1 heterocycles. The highest BCUT2D eigenvalue weighted by molar-refractivity contribution is 6.46. The summed E-state index contributed by atoms with van der Waals surface area (Å²) in [6.45, 7) is 0. The molecule has 172 valence electrons. The number of nitrogens with zero attached hydrogens (tertiary/aromatic N) is 2. The fourth-order valence-electron chi connectivity index (χ4n) is 3.66. The Bertz CT molecular complexity index is 1210. The van der Waals surface area contributed by atoms with Crippen LogP contribution in [0.3, 0.4) is 0 Å². The zero-order chi connectivity index (χ0) is 24.2. The Morgan fingerprint density at radius 2 is 1.06 bits per heavy atom. The molecule has 8 nitrogen and oxygen atoms in total. The van der Waals surface area contributed by atoms with Gasteiger partial charge in [0.25, 0.3) is 11.8 Å². The van der Waals surface area contributed by atoms with E-state index in [1.807, 2.05) is 0 Å². The molecule has 4 amide bonds. The molecule has 0 atom stereocenters. The van der Waals surface area contributed by atoms with E-state index >= 15 is 0 Å². The molecule has 3 aromatic rings. The van der Waals surface area contributed by atoms with E-state index in [2.05, 4.69) is 0 Å². The molecule has 3 aromatic carbocycles. The maximum atomic E-state index is 13.5. The van der Waals surface area contributed by atoms with Gasteiger partial charge in [-0.25, -0.2) is 14.6 Å².